The Bertz CT molecular complexity index is 586. The molecule has 3 rings (SSSR count). The van der Waals surface area contributed by atoms with Gasteiger partial charge in [-0.3, -0.25) is 0 Å². The van der Waals surface area contributed by atoms with Gasteiger partial charge in [0.05, 0.1) is 6.20 Å². The number of aryl methyl sites for hydroxylation is 1. The van der Waals surface area contributed by atoms with Gasteiger partial charge < -0.3 is 15.2 Å². The van der Waals surface area contributed by atoms with Crippen LogP contribution in [-0.4, -0.2) is 22.0 Å². The summed E-state index contributed by atoms with van der Waals surface area (Å²) in [5.41, 5.74) is 7.42. The van der Waals surface area contributed by atoms with Crippen molar-refractivity contribution in [3.05, 3.63) is 23.9 Å². The fourth-order valence-electron chi connectivity index (χ4n) is 1.71. The second-order valence-corrected chi connectivity index (χ2v) is 3.73. The lowest BCUT2D eigenvalue weighted by Crippen LogP contribution is -1.98. The van der Waals surface area contributed by atoms with Crippen LogP contribution in [0.2, 0.25) is 0 Å². The van der Waals surface area contributed by atoms with Gasteiger partial charge in [0.15, 0.2) is 17.3 Å². The number of anilines is 1. The predicted molar refractivity (Wildman–Crippen MR) is 60.5 cm³/mol. The van der Waals surface area contributed by atoms with Crippen LogP contribution in [-0.2, 0) is 0 Å². The molecule has 0 amide bonds. The van der Waals surface area contributed by atoms with Crippen LogP contribution in [0.4, 0.5) is 5.82 Å². The Morgan fingerprint density at radius 3 is 2.76 bits per heavy atom. The first-order valence-corrected chi connectivity index (χ1v) is 5.10. The maximum Gasteiger partial charge on any atom is 0.231 e. The van der Waals surface area contributed by atoms with Gasteiger partial charge in [0.2, 0.25) is 6.79 Å². The molecular formula is C11H10N4O2. The van der Waals surface area contributed by atoms with E-state index in [2.05, 4.69) is 15.2 Å². The Kier molecular flexibility index (Phi) is 2.07. The quantitative estimate of drug-likeness (QED) is 0.791. The summed E-state index contributed by atoms with van der Waals surface area (Å²) in [5.74, 6) is 2.26. The zero-order chi connectivity index (χ0) is 11.8. The summed E-state index contributed by atoms with van der Waals surface area (Å²) in [6, 6.07) is 3.73. The SMILES string of the molecule is Cc1cc2c(cc1-c1nncc(N)n1)OCO2. The largest absolute Gasteiger partial charge is 0.454 e. The van der Waals surface area contributed by atoms with Gasteiger partial charge >= 0.3 is 0 Å². The molecule has 0 spiro atoms. The lowest BCUT2D eigenvalue weighted by atomic mass is 10.1. The normalized spacial score (nSPS) is 12.8. The lowest BCUT2D eigenvalue weighted by molar-refractivity contribution is 0.174. The van der Waals surface area contributed by atoms with Crippen molar-refractivity contribution in [3.63, 3.8) is 0 Å². The highest BCUT2D eigenvalue weighted by Crippen LogP contribution is 2.37. The molecule has 0 bridgehead atoms. The van der Waals surface area contributed by atoms with E-state index >= 15 is 0 Å². The number of nitrogens with zero attached hydrogens (tertiary/aromatic N) is 3. The summed E-state index contributed by atoms with van der Waals surface area (Å²) in [4.78, 5) is 4.14. The van der Waals surface area contributed by atoms with Crippen LogP contribution in [0.15, 0.2) is 18.3 Å². The summed E-state index contributed by atoms with van der Waals surface area (Å²) >= 11 is 0. The maximum atomic E-state index is 5.59. The third kappa shape index (κ3) is 1.63. The third-order valence-electron chi connectivity index (χ3n) is 2.54. The highest BCUT2D eigenvalue weighted by atomic mass is 16.7. The van der Waals surface area contributed by atoms with E-state index in [0.717, 1.165) is 16.9 Å². The number of fused-ring (bicyclic) bond motifs is 1. The molecule has 1 aromatic heterocycles. The Labute approximate surface area is 97.4 Å². The fraction of sp³-hybridized carbons (Fsp3) is 0.182. The molecule has 1 aromatic carbocycles. The molecule has 2 N–H and O–H groups in total. The summed E-state index contributed by atoms with van der Waals surface area (Å²) < 4.78 is 10.6. The first-order valence-electron chi connectivity index (χ1n) is 5.10. The van der Waals surface area contributed by atoms with Crippen LogP contribution in [0, 0.1) is 6.92 Å². The molecule has 17 heavy (non-hydrogen) atoms. The molecule has 2 aromatic rings. The number of benzene rings is 1. The van der Waals surface area contributed by atoms with Gasteiger partial charge in [0, 0.05) is 5.56 Å². The molecule has 0 fully saturated rings. The van der Waals surface area contributed by atoms with Crippen LogP contribution >= 0.6 is 0 Å². The van der Waals surface area contributed by atoms with Gasteiger partial charge in [-0.25, -0.2) is 4.98 Å². The first kappa shape index (κ1) is 9.83. The van der Waals surface area contributed by atoms with Gasteiger partial charge in [-0.15, -0.1) is 5.10 Å². The topological polar surface area (TPSA) is 83.2 Å². The number of nitrogen functional groups attached to an aromatic ring is 1. The molecule has 1 aliphatic heterocycles. The molecular weight excluding hydrogens is 220 g/mol. The van der Waals surface area contributed by atoms with Gasteiger partial charge in [-0.2, -0.15) is 5.10 Å². The highest BCUT2D eigenvalue weighted by Gasteiger charge is 2.17. The summed E-state index contributed by atoms with van der Waals surface area (Å²) in [6.07, 6.45) is 1.41. The highest BCUT2D eigenvalue weighted by molar-refractivity contribution is 5.66. The van der Waals surface area contributed by atoms with E-state index in [0.29, 0.717) is 17.4 Å². The Balaban J connectivity index is 2.15. The molecule has 0 saturated heterocycles. The van der Waals surface area contributed by atoms with Crippen LogP contribution < -0.4 is 15.2 Å². The number of aromatic nitrogens is 3. The minimum Gasteiger partial charge on any atom is -0.454 e. The van der Waals surface area contributed by atoms with Crippen molar-refractivity contribution in [1.29, 1.82) is 0 Å². The third-order valence-corrected chi connectivity index (χ3v) is 2.54. The fourth-order valence-corrected chi connectivity index (χ4v) is 1.71. The van der Waals surface area contributed by atoms with E-state index in [1.807, 2.05) is 19.1 Å². The second-order valence-electron chi connectivity index (χ2n) is 3.73. The van der Waals surface area contributed by atoms with Crippen molar-refractivity contribution < 1.29 is 9.47 Å². The average Bonchev–Trinajstić information content (AvgIpc) is 2.75. The van der Waals surface area contributed by atoms with E-state index in [4.69, 9.17) is 15.2 Å². The molecule has 0 unspecified atom stereocenters. The van der Waals surface area contributed by atoms with Crippen molar-refractivity contribution in [2.75, 3.05) is 12.5 Å². The number of ether oxygens (including phenoxy) is 2. The smallest absolute Gasteiger partial charge is 0.231 e. The van der Waals surface area contributed by atoms with E-state index in [1.54, 1.807) is 0 Å². The van der Waals surface area contributed by atoms with Crippen LogP contribution in [0.1, 0.15) is 5.56 Å². The molecule has 1 aliphatic rings. The molecule has 6 nitrogen and oxygen atoms in total. The Morgan fingerprint density at radius 2 is 2.00 bits per heavy atom. The number of rotatable bonds is 1. The van der Waals surface area contributed by atoms with Crippen molar-refractivity contribution in [3.8, 4) is 22.9 Å². The van der Waals surface area contributed by atoms with Crippen LogP contribution in [0.3, 0.4) is 0 Å². The summed E-state index contributed by atoms with van der Waals surface area (Å²) in [7, 11) is 0. The average molecular weight is 230 g/mol. The minimum absolute atomic E-state index is 0.244. The molecule has 0 aliphatic carbocycles. The standard InChI is InChI=1S/C11H10N4O2/c1-6-2-8-9(17-5-16-8)3-7(6)11-14-10(12)4-13-15-11/h2-4H,5H2,1H3,(H2,12,14,15). The van der Waals surface area contributed by atoms with Crippen molar-refractivity contribution in [2.45, 2.75) is 6.92 Å². The molecule has 6 heteroatoms. The first-order chi connectivity index (χ1) is 8.24. The number of nitrogens with two attached hydrogens (primary N) is 1. The van der Waals surface area contributed by atoms with Gasteiger partial charge in [-0.05, 0) is 24.6 Å². The zero-order valence-electron chi connectivity index (χ0n) is 9.17. The molecule has 0 saturated carbocycles. The van der Waals surface area contributed by atoms with Crippen molar-refractivity contribution >= 4 is 5.82 Å². The van der Waals surface area contributed by atoms with Gasteiger partial charge in [0.25, 0.3) is 0 Å². The Morgan fingerprint density at radius 1 is 1.24 bits per heavy atom. The Hall–Kier alpha value is -2.37. The van der Waals surface area contributed by atoms with E-state index < -0.39 is 0 Å². The minimum atomic E-state index is 0.244. The molecule has 2 heterocycles. The summed E-state index contributed by atoms with van der Waals surface area (Å²) in [5, 5.41) is 7.74. The lowest BCUT2D eigenvalue weighted by Gasteiger charge is -2.05. The van der Waals surface area contributed by atoms with Crippen molar-refractivity contribution in [2.24, 2.45) is 0 Å². The van der Waals surface area contributed by atoms with E-state index in [-0.39, 0.29) is 6.79 Å². The zero-order valence-corrected chi connectivity index (χ0v) is 9.17. The molecule has 0 atom stereocenters. The summed E-state index contributed by atoms with van der Waals surface area (Å²) in [6.45, 7) is 2.19. The van der Waals surface area contributed by atoms with E-state index in [9.17, 15) is 0 Å². The monoisotopic (exact) mass is 230 g/mol. The molecule has 0 radical (unpaired) electrons. The molecule has 86 valence electrons. The van der Waals surface area contributed by atoms with E-state index in [1.165, 1.54) is 6.20 Å². The van der Waals surface area contributed by atoms with Crippen LogP contribution in [0.25, 0.3) is 11.4 Å². The second kappa shape index (κ2) is 3.58. The van der Waals surface area contributed by atoms with Crippen molar-refractivity contribution in [1.82, 2.24) is 15.2 Å². The van der Waals surface area contributed by atoms with Gasteiger partial charge in [0.1, 0.15) is 5.82 Å². The number of hydrogen-bond donors (Lipinski definition) is 1. The number of hydrogen-bond acceptors (Lipinski definition) is 6. The maximum absolute atomic E-state index is 5.59. The predicted octanol–water partition coefficient (Wildman–Crippen LogP) is 1.16. The van der Waals surface area contributed by atoms with Crippen LogP contribution in [0.5, 0.6) is 11.5 Å². The van der Waals surface area contributed by atoms with Gasteiger partial charge in [-0.1, -0.05) is 0 Å².